The van der Waals surface area contributed by atoms with Gasteiger partial charge in [0, 0.05) is 17.5 Å². The van der Waals surface area contributed by atoms with E-state index >= 15 is 0 Å². The fraction of sp³-hybridized carbons (Fsp3) is 0.0769. The Labute approximate surface area is 89.2 Å². The Bertz CT molecular complexity index is 443. The molecular weight excluding hydrogens is 186 g/mol. The monoisotopic (exact) mass is 199 g/mol. The second kappa shape index (κ2) is 4.51. The molecule has 15 heavy (non-hydrogen) atoms. The van der Waals surface area contributed by atoms with Crippen molar-refractivity contribution in [3.8, 4) is 5.75 Å². The van der Waals surface area contributed by atoms with E-state index in [1.807, 2.05) is 54.7 Å². The fourth-order valence-corrected chi connectivity index (χ4v) is 1.43. The maximum Gasteiger partial charge on any atom is 0.126 e. The third kappa shape index (κ3) is 2.29. The molecule has 0 saturated heterocycles. The van der Waals surface area contributed by atoms with E-state index in [4.69, 9.17) is 4.74 Å². The van der Waals surface area contributed by atoms with Gasteiger partial charge < -0.3 is 9.72 Å². The molecule has 2 heteroatoms. The molecule has 0 fully saturated rings. The molecule has 0 aliphatic carbocycles. The van der Waals surface area contributed by atoms with Crippen LogP contribution in [0.3, 0.4) is 0 Å². The van der Waals surface area contributed by atoms with E-state index in [9.17, 15) is 0 Å². The van der Waals surface area contributed by atoms with E-state index in [1.165, 1.54) is 0 Å². The molecule has 1 N–H and O–H groups in total. The van der Waals surface area contributed by atoms with E-state index in [2.05, 4.69) is 4.98 Å². The van der Waals surface area contributed by atoms with Gasteiger partial charge in [-0.1, -0.05) is 18.2 Å². The van der Waals surface area contributed by atoms with Gasteiger partial charge in [0.05, 0.1) is 7.11 Å². The lowest BCUT2D eigenvalue weighted by Gasteiger charge is -2.02. The lowest BCUT2D eigenvalue weighted by atomic mass is 10.2. The molecule has 0 atom stereocenters. The van der Waals surface area contributed by atoms with Gasteiger partial charge in [-0.15, -0.1) is 0 Å². The van der Waals surface area contributed by atoms with Crippen molar-refractivity contribution in [2.75, 3.05) is 7.11 Å². The van der Waals surface area contributed by atoms with E-state index in [0.29, 0.717) is 0 Å². The average Bonchev–Trinajstić information content (AvgIpc) is 2.79. The summed E-state index contributed by atoms with van der Waals surface area (Å²) < 4.78 is 5.25. The van der Waals surface area contributed by atoms with Crippen LogP contribution in [0.5, 0.6) is 5.75 Å². The highest BCUT2D eigenvalue weighted by Crippen LogP contribution is 2.19. The first-order valence-electron chi connectivity index (χ1n) is 4.84. The number of aromatic nitrogens is 1. The second-order valence-electron chi connectivity index (χ2n) is 3.20. The highest BCUT2D eigenvalue weighted by atomic mass is 16.5. The van der Waals surface area contributed by atoms with Gasteiger partial charge >= 0.3 is 0 Å². The lowest BCUT2D eigenvalue weighted by molar-refractivity contribution is 0.414. The lowest BCUT2D eigenvalue weighted by Crippen LogP contribution is -1.85. The quantitative estimate of drug-likeness (QED) is 0.806. The number of ether oxygens (including phenoxy) is 1. The van der Waals surface area contributed by atoms with E-state index in [0.717, 1.165) is 17.0 Å². The molecule has 1 heterocycles. The number of aromatic amines is 1. The van der Waals surface area contributed by atoms with Gasteiger partial charge in [-0.2, -0.15) is 0 Å². The number of H-pyrrole nitrogens is 1. The zero-order valence-electron chi connectivity index (χ0n) is 8.60. The molecule has 0 radical (unpaired) electrons. The Morgan fingerprint density at radius 1 is 1.07 bits per heavy atom. The molecule has 2 nitrogen and oxygen atoms in total. The van der Waals surface area contributed by atoms with Gasteiger partial charge in [0.2, 0.25) is 0 Å². The summed E-state index contributed by atoms with van der Waals surface area (Å²) >= 11 is 0. The molecule has 2 rings (SSSR count). The van der Waals surface area contributed by atoms with Crippen LogP contribution in [0, 0.1) is 0 Å². The Balaban J connectivity index is 2.24. The van der Waals surface area contributed by atoms with E-state index in [1.54, 1.807) is 7.11 Å². The summed E-state index contributed by atoms with van der Waals surface area (Å²) in [5, 5.41) is 0. The van der Waals surface area contributed by atoms with Gasteiger partial charge in [-0.05, 0) is 30.4 Å². The molecule has 0 saturated carbocycles. The highest BCUT2D eigenvalue weighted by Gasteiger charge is 1.96. The van der Waals surface area contributed by atoms with Crippen molar-refractivity contribution in [1.29, 1.82) is 0 Å². The average molecular weight is 199 g/mol. The largest absolute Gasteiger partial charge is 0.496 e. The predicted molar refractivity (Wildman–Crippen MR) is 62.7 cm³/mol. The van der Waals surface area contributed by atoms with Crippen LogP contribution in [0.4, 0.5) is 0 Å². The number of para-hydroxylation sites is 1. The van der Waals surface area contributed by atoms with Crippen molar-refractivity contribution < 1.29 is 4.74 Å². The molecule has 0 amide bonds. The van der Waals surface area contributed by atoms with Crippen LogP contribution in [0.1, 0.15) is 11.3 Å². The SMILES string of the molecule is COc1ccccc1/C=C/c1ccc[nH]1. The Hall–Kier alpha value is -1.96. The summed E-state index contributed by atoms with van der Waals surface area (Å²) in [6, 6.07) is 11.9. The van der Waals surface area contributed by atoms with Crippen LogP contribution in [0.15, 0.2) is 42.6 Å². The number of nitrogens with one attached hydrogen (secondary N) is 1. The molecule has 1 aromatic carbocycles. The Morgan fingerprint density at radius 2 is 1.93 bits per heavy atom. The zero-order valence-corrected chi connectivity index (χ0v) is 8.60. The smallest absolute Gasteiger partial charge is 0.126 e. The standard InChI is InChI=1S/C13H13NO/c1-15-13-7-3-2-5-11(13)8-9-12-6-4-10-14-12/h2-10,14H,1H3/b9-8+. The van der Waals surface area contributed by atoms with Gasteiger partial charge in [0.1, 0.15) is 5.75 Å². The van der Waals surface area contributed by atoms with Gasteiger partial charge in [-0.25, -0.2) is 0 Å². The Kier molecular flexibility index (Phi) is 2.88. The highest BCUT2D eigenvalue weighted by molar-refractivity contribution is 5.71. The number of methoxy groups -OCH3 is 1. The summed E-state index contributed by atoms with van der Waals surface area (Å²) in [7, 11) is 1.68. The minimum atomic E-state index is 0.889. The third-order valence-corrected chi connectivity index (χ3v) is 2.20. The number of rotatable bonds is 3. The van der Waals surface area contributed by atoms with Crippen molar-refractivity contribution >= 4 is 12.2 Å². The first-order valence-corrected chi connectivity index (χ1v) is 4.84. The van der Waals surface area contributed by atoms with Crippen LogP contribution >= 0.6 is 0 Å². The number of hydrogen-bond acceptors (Lipinski definition) is 1. The van der Waals surface area contributed by atoms with Crippen LogP contribution in [0.25, 0.3) is 12.2 Å². The minimum Gasteiger partial charge on any atom is -0.496 e. The normalized spacial score (nSPS) is 10.7. The van der Waals surface area contributed by atoms with Crippen molar-refractivity contribution in [3.63, 3.8) is 0 Å². The van der Waals surface area contributed by atoms with Crippen molar-refractivity contribution in [2.45, 2.75) is 0 Å². The molecule has 1 aromatic heterocycles. The molecule has 0 aliphatic heterocycles. The van der Waals surface area contributed by atoms with Gasteiger partial charge in [0.15, 0.2) is 0 Å². The summed E-state index contributed by atoms with van der Waals surface area (Å²) in [5.74, 6) is 0.889. The minimum absolute atomic E-state index is 0.889. The molecule has 0 unspecified atom stereocenters. The summed E-state index contributed by atoms with van der Waals surface area (Å²) in [5.41, 5.74) is 2.16. The van der Waals surface area contributed by atoms with Crippen LogP contribution < -0.4 is 4.74 Å². The summed E-state index contributed by atoms with van der Waals surface area (Å²) in [6.07, 6.45) is 5.96. The van der Waals surface area contributed by atoms with E-state index < -0.39 is 0 Å². The first-order chi connectivity index (χ1) is 7.40. The van der Waals surface area contributed by atoms with Crippen molar-refractivity contribution in [2.24, 2.45) is 0 Å². The molecule has 0 aliphatic rings. The topological polar surface area (TPSA) is 25.0 Å². The maximum atomic E-state index is 5.25. The van der Waals surface area contributed by atoms with Crippen molar-refractivity contribution in [1.82, 2.24) is 4.98 Å². The van der Waals surface area contributed by atoms with Crippen LogP contribution in [0.2, 0.25) is 0 Å². The maximum absolute atomic E-state index is 5.25. The summed E-state index contributed by atoms with van der Waals surface area (Å²) in [4.78, 5) is 3.12. The molecule has 0 bridgehead atoms. The fourth-order valence-electron chi connectivity index (χ4n) is 1.43. The van der Waals surface area contributed by atoms with Gasteiger partial charge in [-0.3, -0.25) is 0 Å². The van der Waals surface area contributed by atoms with E-state index in [-0.39, 0.29) is 0 Å². The van der Waals surface area contributed by atoms with Crippen molar-refractivity contribution in [3.05, 3.63) is 53.9 Å². The second-order valence-corrected chi connectivity index (χ2v) is 3.20. The summed E-state index contributed by atoms with van der Waals surface area (Å²) in [6.45, 7) is 0. The third-order valence-electron chi connectivity index (χ3n) is 2.20. The number of benzene rings is 1. The zero-order chi connectivity index (χ0) is 10.5. The van der Waals surface area contributed by atoms with Crippen LogP contribution in [-0.2, 0) is 0 Å². The Morgan fingerprint density at radius 3 is 2.67 bits per heavy atom. The predicted octanol–water partition coefficient (Wildman–Crippen LogP) is 3.19. The van der Waals surface area contributed by atoms with Crippen LogP contribution in [-0.4, -0.2) is 12.1 Å². The molecule has 0 spiro atoms. The first kappa shape index (κ1) is 9.59. The van der Waals surface area contributed by atoms with Gasteiger partial charge in [0.25, 0.3) is 0 Å². The molecular formula is C13H13NO. The molecule has 2 aromatic rings. The number of hydrogen-bond donors (Lipinski definition) is 1. The molecule has 76 valence electrons.